The molecule has 0 radical (unpaired) electrons. The third-order valence-electron chi connectivity index (χ3n) is 6.39. The summed E-state index contributed by atoms with van der Waals surface area (Å²) in [4.78, 5) is 30.1. The molecule has 1 saturated heterocycles. The lowest BCUT2D eigenvalue weighted by atomic mass is 10.0. The van der Waals surface area contributed by atoms with Crippen molar-refractivity contribution in [1.29, 1.82) is 0 Å². The first kappa shape index (κ1) is 24.3. The molecular formula is C26H30FN7O. The molecule has 4 rings (SSSR count). The van der Waals surface area contributed by atoms with Gasteiger partial charge >= 0.3 is 0 Å². The first-order valence-electron chi connectivity index (χ1n) is 11.4. The van der Waals surface area contributed by atoms with E-state index in [1.54, 1.807) is 43.6 Å². The van der Waals surface area contributed by atoms with Crippen LogP contribution in [0.25, 0.3) is 17.3 Å². The van der Waals surface area contributed by atoms with Crippen LogP contribution >= 0.6 is 0 Å². The molecule has 0 spiro atoms. The van der Waals surface area contributed by atoms with E-state index in [-0.39, 0.29) is 17.5 Å². The number of hydrogen-bond acceptors (Lipinski definition) is 6. The lowest BCUT2D eigenvalue weighted by molar-refractivity contribution is 0.0966. The van der Waals surface area contributed by atoms with Gasteiger partial charge in [0.25, 0.3) is 5.91 Å². The lowest BCUT2D eigenvalue weighted by Gasteiger charge is -2.33. The zero-order valence-electron chi connectivity index (χ0n) is 20.5. The van der Waals surface area contributed by atoms with E-state index in [0.29, 0.717) is 22.4 Å². The number of aromatic nitrogens is 3. The van der Waals surface area contributed by atoms with Crippen LogP contribution in [-0.4, -0.2) is 65.3 Å². The smallest absolute Gasteiger partial charge is 0.257 e. The number of piperazine rings is 1. The Morgan fingerprint density at radius 1 is 1.14 bits per heavy atom. The van der Waals surface area contributed by atoms with E-state index in [1.165, 1.54) is 6.07 Å². The van der Waals surface area contributed by atoms with Gasteiger partial charge in [-0.15, -0.1) is 0 Å². The maximum Gasteiger partial charge on any atom is 0.257 e. The number of benzene rings is 1. The van der Waals surface area contributed by atoms with Crippen LogP contribution in [0.5, 0.6) is 0 Å². The molecule has 35 heavy (non-hydrogen) atoms. The number of rotatable bonds is 6. The van der Waals surface area contributed by atoms with Gasteiger partial charge in [0, 0.05) is 50.6 Å². The van der Waals surface area contributed by atoms with E-state index in [4.69, 9.17) is 0 Å². The topological polar surface area (TPSA) is 78.6 Å². The Bertz CT molecular complexity index is 1290. The minimum Gasteiger partial charge on any atom is -0.354 e. The number of amides is 1. The number of carbonyl (C=O) groups excluding carboxylic acids is 1. The fraction of sp³-hybridized carbons (Fsp3) is 0.308. The number of carbonyl (C=O) groups is 1. The fourth-order valence-corrected chi connectivity index (χ4v) is 4.02. The van der Waals surface area contributed by atoms with Crippen LogP contribution in [-0.2, 0) is 7.05 Å². The molecule has 0 saturated carbocycles. The molecule has 0 bridgehead atoms. The van der Waals surface area contributed by atoms with E-state index in [2.05, 4.69) is 43.8 Å². The molecule has 1 fully saturated rings. The van der Waals surface area contributed by atoms with Crippen molar-refractivity contribution in [3.05, 3.63) is 70.8 Å². The predicted molar refractivity (Wildman–Crippen MR) is 137 cm³/mol. The molecule has 1 aromatic carbocycles. The van der Waals surface area contributed by atoms with Gasteiger partial charge in [-0.05, 0) is 69.1 Å². The Morgan fingerprint density at radius 2 is 1.89 bits per heavy atom. The average Bonchev–Trinajstić information content (AvgIpc) is 3.18. The highest BCUT2D eigenvalue weighted by Gasteiger charge is 2.18. The molecule has 9 heteroatoms. The SMILES string of the molecule is C=N/C(=C\c1cc(-c2cnc(C)n2C)c(F)cc1C)NC(=O)c1ccnc(N2CCN(C)CC2)c1. The molecule has 0 aliphatic carbocycles. The van der Waals surface area contributed by atoms with E-state index in [1.807, 2.05) is 18.5 Å². The number of nitrogens with one attached hydrogen (secondary N) is 1. The van der Waals surface area contributed by atoms with Crippen LogP contribution in [0, 0.1) is 19.7 Å². The van der Waals surface area contributed by atoms with Crippen LogP contribution in [0.1, 0.15) is 27.3 Å². The quantitative estimate of drug-likeness (QED) is 0.553. The summed E-state index contributed by atoms with van der Waals surface area (Å²) in [6, 6.07) is 6.66. The Kier molecular flexibility index (Phi) is 7.07. The van der Waals surface area contributed by atoms with Crippen LogP contribution in [0.4, 0.5) is 10.2 Å². The largest absolute Gasteiger partial charge is 0.354 e. The molecule has 1 aliphatic heterocycles. The van der Waals surface area contributed by atoms with E-state index in [9.17, 15) is 9.18 Å². The number of likely N-dealkylation sites (N-methyl/N-ethyl adjacent to an activating group) is 1. The Balaban J connectivity index is 1.57. The molecule has 1 aliphatic rings. The van der Waals surface area contributed by atoms with Crippen molar-refractivity contribution in [2.45, 2.75) is 13.8 Å². The maximum atomic E-state index is 14.8. The van der Waals surface area contributed by atoms with Crippen LogP contribution in [0.15, 0.2) is 47.5 Å². The third kappa shape index (κ3) is 5.30. The lowest BCUT2D eigenvalue weighted by Crippen LogP contribution is -2.44. The third-order valence-corrected chi connectivity index (χ3v) is 6.39. The first-order valence-corrected chi connectivity index (χ1v) is 11.4. The molecule has 3 aromatic rings. The highest BCUT2D eigenvalue weighted by molar-refractivity contribution is 5.96. The summed E-state index contributed by atoms with van der Waals surface area (Å²) in [6.07, 6.45) is 4.97. The summed E-state index contributed by atoms with van der Waals surface area (Å²) in [5.41, 5.74) is 2.99. The summed E-state index contributed by atoms with van der Waals surface area (Å²) in [5.74, 6) is 1.17. The predicted octanol–water partition coefficient (Wildman–Crippen LogP) is 3.42. The van der Waals surface area contributed by atoms with Crippen LogP contribution in [0.2, 0.25) is 0 Å². The minimum atomic E-state index is -0.340. The summed E-state index contributed by atoms with van der Waals surface area (Å²) in [7, 11) is 3.93. The number of anilines is 1. The van der Waals surface area contributed by atoms with Crippen molar-refractivity contribution < 1.29 is 9.18 Å². The summed E-state index contributed by atoms with van der Waals surface area (Å²) < 4.78 is 16.6. The molecule has 2 aromatic heterocycles. The van der Waals surface area contributed by atoms with Crippen molar-refractivity contribution >= 4 is 24.5 Å². The molecule has 8 nitrogen and oxygen atoms in total. The first-order chi connectivity index (χ1) is 16.8. The number of nitrogens with zero attached hydrogens (tertiary/aromatic N) is 6. The zero-order chi connectivity index (χ0) is 25.1. The van der Waals surface area contributed by atoms with Gasteiger partial charge in [0.15, 0.2) is 0 Å². The standard InChI is InChI=1S/C26H30FN7O/c1-17-12-22(27)21(23-16-30-18(2)33(23)5)13-20(17)14-24(28-3)31-26(35)19-6-7-29-25(15-19)34-10-8-32(4)9-11-34/h6-7,12-16H,3,8-11H2,1-2,4-5H3,(H,31,35)/b24-14+. The van der Waals surface area contributed by atoms with Crippen molar-refractivity contribution in [3.63, 3.8) is 0 Å². The Labute approximate surface area is 204 Å². The Morgan fingerprint density at radius 3 is 2.54 bits per heavy atom. The van der Waals surface area contributed by atoms with Gasteiger partial charge in [0.2, 0.25) is 0 Å². The molecule has 1 amide bonds. The number of halogens is 1. The van der Waals surface area contributed by atoms with Crippen LogP contribution < -0.4 is 10.2 Å². The van der Waals surface area contributed by atoms with Crippen molar-refractivity contribution in [3.8, 4) is 11.3 Å². The fourth-order valence-electron chi connectivity index (χ4n) is 4.02. The van der Waals surface area contributed by atoms with Crippen LogP contribution in [0.3, 0.4) is 0 Å². The summed E-state index contributed by atoms with van der Waals surface area (Å²) in [5, 5.41) is 2.81. The van der Waals surface area contributed by atoms with Gasteiger partial charge in [-0.3, -0.25) is 4.79 Å². The maximum absolute atomic E-state index is 14.8. The monoisotopic (exact) mass is 475 g/mol. The van der Waals surface area contributed by atoms with Gasteiger partial charge in [-0.25, -0.2) is 19.4 Å². The van der Waals surface area contributed by atoms with E-state index >= 15 is 0 Å². The van der Waals surface area contributed by atoms with Gasteiger partial charge in [-0.2, -0.15) is 0 Å². The summed E-state index contributed by atoms with van der Waals surface area (Å²) >= 11 is 0. The molecule has 182 valence electrons. The number of aryl methyl sites for hydroxylation is 2. The summed E-state index contributed by atoms with van der Waals surface area (Å²) in [6.45, 7) is 10.9. The van der Waals surface area contributed by atoms with Gasteiger partial charge in [0.1, 0.15) is 23.3 Å². The molecule has 1 N–H and O–H groups in total. The molecule has 0 unspecified atom stereocenters. The van der Waals surface area contributed by atoms with E-state index in [0.717, 1.165) is 43.4 Å². The second-order valence-corrected chi connectivity index (χ2v) is 8.77. The second kappa shape index (κ2) is 10.2. The second-order valence-electron chi connectivity index (χ2n) is 8.77. The van der Waals surface area contributed by atoms with Gasteiger partial charge < -0.3 is 19.7 Å². The highest BCUT2D eigenvalue weighted by atomic mass is 19.1. The minimum absolute atomic E-state index is 0.273. The molecular weight excluding hydrogens is 445 g/mol. The van der Waals surface area contributed by atoms with E-state index < -0.39 is 0 Å². The number of aliphatic imine (C=N–C) groups is 1. The zero-order valence-corrected chi connectivity index (χ0v) is 20.5. The van der Waals surface area contributed by atoms with Crippen molar-refractivity contribution in [2.75, 3.05) is 38.1 Å². The molecule has 3 heterocycles. The molecule has 0 atom stereocenters. The van der Waals surface area contributed by atoms with Crippen molar-refractivity contribution in [2.24, 2.45) is 12.0 Å². The average molecular weight is 476 g/mol. The number of imidazole rings is 1. The Hall–Kier alpha value is -3.85. The van der Waals surface area contributed by atoms with Crippen molar-refractivity contribution in [1.82, 2.24) is 24.8 Å². The highest BCUT2D eigenvalue weighted by Crippen LogP contribution is 2.27. The number of hydrogen-bond donors (Lipinski definition) is 1. The number of pyridine rings is 1. The van der Waals surface area contributed by atoms with Gasteiger partial charge in [-0.1, -0.05) is 0 Å². The normalized spacial score (nSPS) is 14.8. The van der Waals surface area contributed by atoms with Gasteiger partial charge in [0.05, 0.1) is 11.9 Å².